The molecule has 0 bridgehead atoms. The fourth-order valence-corrected chi connectivity index (χ4v) is 3.90. The largest absolute Gasteiger partial charge is 0.374 e. The Morgan fingerprint density at radius 3 is 2.12 bits per heavy atom. The zero-order valence-corrected chi connectivity index (χ0v) is 18.2. The van der Waals surface area contributed by atoms with Crippen LogP contribution in [0.4, 0.5) is 21.5 Å². The Hall–Kier alpha value is -3.72. The Morgan fingerprint density at radius 2 is 1.50 bits per heavy atom. The minimum Gasteiger partial charge on any atom is -0.374 e. The van der Waals surface area contributed by atoms with Crippen molar-refractivity contribution in [2.45, 2.75) is 24.8 Å². The maximum absolute atomic E-state index is 13.0. The highest BCUT2D eigenvalue weighted by Crippen LogP contribution is 2.19. The lowest BCUT2D eigenvalue weighted by atomic mass is 10.1. The molecule has 3 rings (SSSR count). The van der Waals surface area contributed by atoms with Crippen LogP contribution in [-0.4, -0.2) is 26.2 Å². The lowest BCUT2D eigenvalue weighted by molar-refractivity contribution is -0.116. The van der Waals surface area contributed by atoms with Gasteiger partial charge in [-0.3, -0.25) is 14.3 Å². The maximum atomic E-state index is 13.0. The Balaban J connectivity index is 1.61. The van der Waals surface area contributed by atoms with Gasteiger partial charge in [0.25, 0.3) is 10.0 Å². The second kappa shape index (κ2) is 9.61. The van der Waals surface area contributed by atoms with Crippen LogP contribution in [0.5, 0.6) is 0 Å². The molecule has 0 fully saturated rings. The van der Waals surface area contributed by atoms with Crippen molar-refractivity contribution in [3.8, 4) is 0 Å². The first kappa shape index (κ1) is 23.0. The SMILES string of the molecule is CC(=O)c1cccc(NC(=O)[C@H](C)Nc2ccc(NS(=O)(=O)c3ccc(F)cc3)cc2)c1. The maximum Gasteiger partial charge on any atom is 0.261 e. The molecule has 1 atom stereocenters. The monoisotopic (exact) mass is 455 g/mol. The average Bonchev–Trinajstić information content (AvgIpc) is 2.75. The summed E-state index contributed by atoms with van der Waals surface area (Å²) in [5.74, 6) is -0.918. The van der Waals surface area contributed by atoms with Crippen LogP contribution in [0, 0.1) is 5.82 Å². The molecule has 0 saturated carbocycles. The Bertz CT molecular complexity index is 1230. The van der Waals surface area contributed by atoms with E-state index in [2.05, 4.69) is 15.4 Å². The van der Waals surface area contributed by atoms with Gasteiger partial charge in [-0.05, 0) is 74.5 Å². The molecule has 3 N–H and O–H groups in total. The number of hydrogen-bond acceptors (Lipinski definition) is 5. The van der Waals surface area contributed by atoms with Crippen LogP contribution < -0.4 is 15.4 Å². The van der Waals surface area contributed by atoms with Gasteiger partial charge in [0, 0.05) is 22.6 Å². The van der Waals surface area contributed by atoms with Crippen molar-refractivity contribution in [2.24, 2.45) is 0 Å². The van der Waals surface area contributed by atoms with Crippen molar-refractivity contribution in [3.05, 3.63) is 84.2 Å². The van der Waals surface area contributed by atoms with E-state index in [1.54, 1.807) is 55.5 Å². The third-order valence-electron chi connectivity index (χ3n) is 4.57. The van der Waals surface area contributed by atoms with E-state index in [1.807, 2.05) is 0 Å². The van der Waals surface area contributed by atoms with Crippen molar-refractivity contribution < 1.29 is 22.4 Å². The standard InChI is InChI=1S/C23H22FN3O4S/c1-15(23(29)26-21-5-3-4-17(14-21)16(2)28)25-19-8-10-20(11-9-19)27-32(30,31)22-12-6-18(24)7-13-22/h3-15,25,27H,1-2H3,(H,26,29)/t15-/m0/s1. The Kier molecular flexibility index (Phi) is 6.89. The fraction of sp³-hybridized carbons (Fsp3) is 0.130. The number of halogens is 1. The zero-order valence-electron chi connectivity index (χ0n) is 17.4. The number of Topliss-reactive ketones (excluding diaryl/α,β-unsaturated/α-hetero) is 1. The van der Waals surface area contributed by atoms with Crippen molar-refractivity contribution in [2.75, 3.05) is 15.4 Å². The highest BCUT2D eigenvalue weighted by molar-refractivity contribution is 7.92. The van der Waals surface area contributed by atoms with E-state index in [1.165, 1.54) is 19.1 Å². The number of carbonyl (C=O) groups is 2. The molecular formula is C23H22FN3O4S. The number of hydrogen-bond donors (Lipinski definition) is 3. The molecule has 166 valence electrons. The molecule has 0 aliphatic rings. The van der Waals surface area contributed by atoms with Gasteiger partial charge in [0.15, 0.2) is 5.78 Å². The second-order valence-corrected chi connectivity index (χ2v) is 8.81. The van der Waals surface area contributed by atoms with Gasteiger partial charge in [-0.1, -0.05) is 12.1 Å². The molecule has 0 heterocycles. The van der Waals surface area contributed by atoms with Crippen molar-refractivity contribution >= 4 is 38.8 Å². The van der Waals surface area contributed by atoms with Crippen LogP contribution >= 0.6 is 0 Å². The lowest BCUT2D eigenvalue weighted by Gasteiger charge is -2.16. The minimum atomic E-state index is -3.85. The number of amides is 1. The Morgan fingerprint density at radius 1 is 0.875 bits per heavy atom. The minimum absolute atomic E-state index is 0.0553. The van der Waals surface area contributed by atoms with Gasteiger partial charge in [-0.2, -0.15) is 0 Å². The quantitative estimate of drug-likeness (QED) is 0.440. The molecule has 32 heavy (non-hydrogen) atoms. The molecule has 0 spiro atoms. The summed E-state index contributed by atoms with van der Waals surface area (Å²) >= 11 is 0. The van der Waals surface area contributed by atoms with Crippen molar-refractivity contribution in [1.29, 1.82) is 0 Å². The molecule has 3 aromatic carbocycles. The van der Waals surface area contributed by atoms with Gasteiger partial charge in [-0.25, -0.2) is 12.8 Å². The molecule has 0 aromatic heterocycles. The molecule has 3 aromatic rings. The van der Waals surface area contributed by atoms with E-state index in [9.17, 15) is 22.4 Å². The summed E-state index contributed by atoms with van der Waals surface area (Å²) in [5.41, 5.74) is 1.94. The molecule has 0 unspecified atom stereocenters. The van der Waals surface area contributed by atoms with E-state index < -0.39 is 21.9 Å². The van der Waals surface area contributed by atoms with Crippen LogP contribution in [-0.2, 0) is 14.8 Å². The van der Waals surface area contributed by atoms with Gasteiger partial charge in [0.1, 0.15) is 11.9 Å². The Labute approximate surface area is 185 Å². The zero-order chi connectivity index (χ0) is 23.3. The molecule has 0 aliphatic heterocycles. The normalized spacial score (nSPS) is 12.0. The molecule has 9 heteroatoms. The number of carbonyl (C=O) groups excluding carboxylic acids is 2. The number of ketones is 1. The molecule has 0 radical (unpaired) electrons. The first-order valence-corrected chi connectivity index (χ1v) is 11.2. The average molecular weight is 456 g/mol. The van der Waals surface area contributed by atoms with E-state index in [-0.39, 0.29) is 16.6 Å². The summed E-state index contributed by atoms with van der Waals surface area (Å²) in [5, 5.41) is 5.78. The summed E-state index contributed by atoms with van der Waals surface area (Å²) in [6.45, 7) is 3.13. The van der Waals surface area contributed by atoms with E-state index in [0.29, 0.717) is 22.6 Å². The first-order valence-electron chi connectivity index (χ1n) is 9.71. The smallest absolute Gasteiger partial charge is 0.261 e. The van der Waals surface area contributed by atoms with Crippen LogP contribution in [0.3, 0.4) is 0 Å². The number of nitrogens with one attached hydrogen (secondary N) is 3. The number of anilines is 3. The number of rotatable bonds is 8. The summed E-state index contributed by atoms with van der Waals surface area (Å²) in [6.07, 6.45) is 0. The van der Waals surface area contributed by atoms with Crippen LogP contribution in [0.1, 0.15) is 24.2 Å². The van der Waals surface area contributed by atoms with Gasteiger partial charge in [0.2, 0.25) is 5.91 Å². The predicted molar refractivity (Wildman–Crippen MR) is 122 cm³/mol. The summed E-state index contributed by atoms with van der Waals surface area (Å²) in [7, 11) is -3.85. The van der Waals surface area contributed by atoms with E-state index >= 15 is 0 Å². The van der Waals surface area contributed by atoms with Crippen LogP contribution in [0.15, 0.2) is 77.7 Å². The molecule has 0 aliphatic carbocycles. The molecular weight excluding hydrogens is 433 g/mol. The lowest BCUT2D eigenvalue weighted by Crippen LogP contribution is -2.31. The third kappa shape index (κ3) is 5.92. The van der Waals surface area contributed by atoms with Crippen LogP contribution in [0.2, 0.25) is 0 Å². The van der Waals surface area contributed by atoms with Gasteiger partial charge in [0.05, 0.1) is 4.90 Å². The highest BCUT2D eigenvalue weighted by atomic mass is 32.2. The van der Waals surface area contributed by atoms with Crippen molar-refractivity contribution in [1.82, 2.24) is 0 Å². The van der Waals surface area contributed by atoms with Crippen molar-refractivity contribution in [3.63, 3.8) is 0 Å². The summed E-state index contributed by atoms with van der Waals surface area (Å²) < 4.78 is 40.2. The van der Waals surface area contributed by atoms with Gasteiger partial charge >= 0.3 is 0 Å². The summed E-state index contributed by atoms with van der Waals surface area (Å²) in [4.78, 5) is 23.9. The van der Waals surface area contributed by atoms with Gasteiger partial charge in [-0.15, -0.1) is 0 Å². The fourth-order valence-electron chi connectivity index (χ4n) is 2.84. The predicted octanol–water partition coefficient (Wildman–Crippen LogP) is 4.27. The topological polar surface area (TPSA) is 104 Å². The molecule has 7 nitrogen and oxygen atoms in total. The van der Waals surface area contributed by atoms with Crippen LogP contribution in [0.25, 0.3) is 0 Å². The highest BCUT2D eigenvalue weighted by Gasteiger charge is 2.16. The van der Waals surface area contributed by atoms with Gasteiger partial charge < -0.3 is 10.6 Å². The number of sulfonamides is 1. The third-order valence-corrected chi connectivity index (χ3v) is 5.97. The molecule has 1 amide bonds. The second-order valence-electron chi connectivity index (χ2n) is 7.13. The summed E-state index contributed by atoms with van der Waals surface area (Å²) in [6, 6.07) is 16.9. The number of benzene rings is 3. The van der Waals surface area contributed by atoms with E-state index in [4.69, 9.17) is 0 Å². The van der Waals surface area contributed by atoms with E-state index in [0.717, 1.165) is 12.1 Å². The first-order chi connectivity index (χ1) is 15.1. The molecule has 0 saturated heterocycles.